The lowest BCUT2D eigenvalue weighted by Gasteiger charge is -2.19. The van der Waals surface area contributed by atoms with Crippen LogP contribution in [0.15, 0.2) is 48.5 Å². The number of halogens is 1. The van der Waals surface area contributed by atoms with Gasteiger partial charge in [0.1, 0.15) is 11.6 Å². The molecule has 1 aliphatic rings. The molecule has 3 rings (SSSR count). The number of ether oxygens (including phenoxy) is 1. The summed E-state index contributed by atoms with van der Waals surface area (Å²) in [6.45, 7) is 2.43. The number of nitrogens with zero attached hydrogens (tertiary/aromatic N) is 1. The number of nitrogens with one attached hydrogen (secondary N) is 1. The second kappa shape index (κ2) is 7.34. The van der Waals surface area contributed by atoms with Gasteiger partial charge in [-0.05, 0) is 42.7 Å². The normalized spacial score (nSPS) is 16.9. The van der Waals surface area contributed by atoms with Gasteiger partial charge in [0.25, 0.3) is 5.91 Å². The highest BCUT2D eigenvalue weighted by molar-refractivity contribution is 5.94. The highest BCUT2D eigenvalue weighted by atomic mass is 19.1. The van der Waals surface area contributed by atoms with E-state index < -0.39 is 5.82 Å². The van der Waals surface area contributed by atoms with Crippen molar-refractivity contribution in [1.29, 1.82) is 0 Å². The average molecular weight is 328 g/mol. The van der Waals surface area contributed by atoms with E-state index in [0.29, 0.717) is 18.0 Å². The molecule has 2 aromatic rings. The van der Waals surface area contributed by atoms with Crippen molar-refractivity contribution in [2.24, 2.45) is 5.92 Å². The standard InChI is InChI=1S/C19H21FN2O2/c1-24-18-7-3-6-17(11-18)22-9-8-14(13-22)12-21-19(23)15-4-2-5-16(20)10-15/h2-7,10-11,14H,8-9,12-13H2,1H3,(H,21,23). The molecule has 0 radical (unpaired) electrons. The van der Waals surface area contributed by atoms with Crippen molar-refractivity contribution in [3.63, 3.8) is 0 Å². The molecule has 2 aromatic carbocycles. The lowest BCUT2D eigenvalue weighted by molar-refractivity contribution is 0.0948. The quantitative estimate of drug-likeness (QED) is 0.917. The van der Waals surface area contributed by atoms with E-state index in [1.165, 1.54) is 12.1 Å². The second-order valence-electron chi connectivity index (χ2n) is 6.02. The molecule has 1 saturated heterocycles. The minimum absolute atomic E-state index is 0.227. The molecule has 0 bridgehead atoms. The van der Waals surface area contributed by atoms with E-state index in [-0.39, 0.29) is 5.91 Å². The number of amides is 1. The average Bonchev–Trinajstić information content (AvgIpc) is 3.09. The Labute approximate surface area is 141 Å². The topological polar surface area (TPSA) is 41.6 Å². The molecule has 1 amide bonds. The van der Waals surface area contributed by atoms with Gasteiger partial charge in [-0.15, -0.1) is 0 Å². The molecule has 0 saturated carbocycles. The first kappa shape index (κ1) is 16.3. The van der Waals surface area contributed by atoms with E-state index in [4.69, 9.17) is 4.74 Å². The van der Waals surface area contributed by atoms with Crippen molar-refractivity contribution in [1.82, 2.24) is 5.32 Å². The van der Waals surface area contributed by atoms with Gasteiger partial charge in [0, 0.05) is 37.0 Å². The molecule has 0 aliphatic carbocycles. The Hall–Kier alpha value is -2.56. The third-order valence-corrected chi connectivity index (χ3v) is 4.34. The minimum atomic E-state index is -0.396. The zero-order valence-corrected chi connectivity index (χ0v) is 13.7. The molecule has 0 aromatic heterocycles. The highest BCUT2D eigenvalue weighted by Crippen LogP contribution is 2.26. The number of carbonyl (C=O) groups is 1. The molecule has 1 aliphatic heterocycles. The molecule has 24 heavy (non-hydrogen) atoms. The highest BCUT2D eigenvalue weighted by Gasteiger charge is 2.23. The Morgan fingerprint density at radius 1 is 1.29 bits per heavy atom. The molecule has 1 atom stereocenters. The maximum Gasteiger partial charge on any atom is 0.251 e. The first-order valence-corrected chi connectivity index (χ1v) is 8.08. The lowest BCUT2D eigenvalue weighted by atomic mass is 10.1. The van der Waals surface area contributed by atoms with Crippen LogP contribution in [0.25, 0.3) is 0 Å². The first-order valence-electron chi connectivity index (χ1n) is 8.08. The van der Waals surface area contributed by atoms with Crippen LogP contribution in [0.4, 0.5) is 10.1 Å². The maximum absolute atomic E-state index is 13.2. The SMILES string of the molecule is COc1cccc(N2CCC(CNC(=O)c3cccc(F)c3)C2)c1. The van der Waals surface area contributed by atoms with Gasteiger partial charge in [-0.2, -0.15) is 0 Å². The van der Waals surface area contributed by atoms with Crippen molar-refractivity contribution in [3.8, 4) is 5.75 Å². The largest absolute Gasteiger partial charge is 0.497 e. The molecular formula is C19H21FN2O2. The number of carbonyl (C=O) groups excluding carboxylic acids is 1. The number of hydrogen-bond acceptors (Lipinski definition) is 3. The van der Waals surface area contributed by atoms with Crippen LogP contribution >= 0.6 is 0 Å². The van der Waals surface area contributed by atoms with Crippen LogP contribution < -0.4 is 15.0 Å². The number of benzene rings is 2. The van der Waals surface area contributed by atoms with Crippen LogP contribution in [0.2, 0.25) is 0 Å². The Morgan fingerprint density at radius 3 is 2.92 bits per heavy atom. The molecule has 1 heterocycles. The van der Waals surface area contributed by atoms with E-state index in [1.807, 2.05) is 18.2 Å². The van der Waals surface area contributed by atoms with Gasteiger partial charge in [-0.1, -0.05) is 12.1 Å². The van der Waals surface area contributed by atoms with Gasteiger partial charge in [0.15, 0.2) is 0 Å². The van der Waals surface area contributed by atoms with Crippen molar-refractivity contribution in [2.45, 2.75) is 6.42 Å². The summed E-state index contributed by atoms with van der Waals surface area (Å²) in [5.41, 5.74) is 1.49. The number of anilines is 1. The molecule has 1 N–H and O–H groups in total. The molecular weight excluding hydrogens is 307 g/mol. The van der Waals surface area contributed by atoms with Gasteiger partial charge in [-0.25, -0.2) is 4.39 Å². The smallest absolute Gasteiger partial charge is 0.251 e. The van der Waals surface area contributed by atoms with Crippen LogP contribution in [-0.4, -0.2) is 32.7 Å². The molecule has 126 valence electrons. The van der Waals surface area contributed by atoms with Gasteiger partial charge in [0.2, 0.25) is 0 Å². The molecule has 0 spiro atoms. The summed E-state index contributed by atoms with van der Waals surface area (Å²) < 4.78 is 18.4. The Kier molecular flexibility index (Phi) is 4.99. The third kappa shape index (κ3) is 3.85. The Balaban J connectivity index is 1.53. The van der Waals surface area contributed by atoms with Crippen molar-refractivity contribution < 1.29 is 13.9 Å². The predicted molar refractivity (Wildman–Crippen MR) is 92.0 cm³/mol. The van der Waals surface area contributed by atoms with E-state index in [2.05, 4.69) is 16.3 Å². The zero-order chi connectivity index (χ0) is 16.9. The maximum atomic E-state index is 13.2. The Morgan fingerprint density at radius 2 is 2.12 bits per heavy atom. The fourth-order valence-corrected chi connectivity index (χ4v) is 3.01. The van der Waals surface area contributed by atoms with Crippen LogP contribution in [0.3, 0.4) is 0 Å². The summed E-state index contributed by atoms with van der Waals surface area (Å²) in [5.74, 6) is 0.603. The fraction of sp³-hybridized carbons (Fsp3) is 0.316. The predicted octanol–water partition coefficient (Wildman–Crippen LogP) is 3.09. The fourth-order valence-electron chi connectivity index (χ4n) is 3.01. The van der Waals surface area contributed by atoms with E-state index >= 15 is 0 Å². The monoisotopic (exact) mass is 328 g/mol. The summed E-state index contributed by atoms with van der Waals surface area (Å²) in [6.07, 6.45) is 1.01. The number of hydrogen-bond donors (Lipinski definition) is 1. The van der Waals surface area contributed by atoms with E-state index in [9.17, 15) is 9.18 Å². The van der Waals surface area contributed by atoms with Crippen LogP contribution in [0, 0.1) is 11.7 Å². The third-order valence-electron chi connectivity index (χ3n) is 4.34. The molecule has 1 fully saturated rings. The van der Waals surface area contributed by atoms with Crippen LogP contribution in [0.1, 0.15) is 16.8 Å². The van der Waals surface area contributed by atoms with E-state index in [1.54, 1.807) is 19.2 Å². The molecule has 1 unspecified atom stereocenters. The van der Waals surface area contributed by atoms with Crippen molar-refractivity contribution in [3.05, 3.63) is 59.9 Å². The summed E-state index contributed by atoms with van der Waals surface area (Å²) in [7, 11) is 1.66. The minimum Gasteiger partial charge on any atom is -0.497 e. The second-order valence-corrected chi connectivity index (χ2v) is 6.02. The number of methoxy groups -OCH3 is 1. The van der Waals surface area contributed by atoms with Gasteiger partial charge in [0.05, 0.1) is 7.11 Å². The zero-order valence-electron chi connectivity index (χ0n) is 13.7. The number of rotatable bonds is 5. The van der Waals surface area contributed by atoms with Crippen LogP contribution in [0.5, 0.6) is 5.75 Å². The summed E-state index contributed by atoms with van der Waals surface area (Å²) in [4.78, 5) is 14.4. The summed E-state index contributed by atoms with van der Waals surface area (Å²) >= 11 is 0. The summed E-state index contributed by atoms with van der Waals surface area (Å²) in [6, 6.07) is 13.7. The summed E-state index contributed by atoms with van der Waals surface area (Å²) in [5, 5.41) is 2.91. The van der Waals surface area contributed by atoms with Crippen molar-refractivity contribution >= 4 is 11.6 Å². The van der Waals surface area contributed by atoms with Gasteiger partial charge >= 0.3 is 0 Å². The van der Waals surface area contributed by atoms with Crippen molar-refractivity contribution in [2.75, 3.05) is 31.6 Å². The molecule has 5 heteroatoms. The van der Waals surface area contributed by atoms with Gasteiger partial charge in [-0.3, -0.25) is 4.79 Å². The first-order chi connectivity index (χ1) is 11.7. The van der Waals surface area contributed by atoms with Crippen LogP contribution in [-0.2, 0) is 0 Å². The Bertz CT molecular complexity index is 720. The lowest BCUT2D eigenvalue weighted by Crippen LogP contribution is -2.31. The molecule has 4 nitrogen and oxygen atoms in total. The van der Waals surface area contributed by atoms with E-state index in [0.717, 1.165) is 30.9 Å². The van der Waals surface area contributed by atoms with Gasteiger partial charge < -0.3 is 15.0 Å².